The number of H-pyrrole nitrogens is 1. The summed E-state index contributed by atoms with van der Waals surface area (Å²) in [5.41, 5.74) is 0. The highest BCUT2D eigenvalue weighted by molar-refractivity contribution is 7.89. The van der Waals surface area contributed by atoms with Gasteiger partial charge >= 0.3 is 5.97 Å². The molecule has 1 fully saturated rings. The summed E-state index contributed by atoms with van der Waals surface area (Å²) < 4.78 is 26.0. The maximum absolute atomic E-state index is 12.3. The second kappa shape index (κ2) is 5.70. The number of aromatic amines is 1. The van der Waals surface area contributed by atoms with Gasteiger partial charge in [0.2, 0.25) is 10.0 Å². The SMILES string of the molecule is O=C(O)CCC1CCCN(S(=O)(=O)c2cn[nH]c2)C1. The number of sulfonamides is 1. The summed E-state index contributed by atoms with van der Waals surface area (Å²) in [6, 6.07) is 0. The number of aliphatic carboxylic acids is 1. The molecule has 2 N–H and O–H groups in total. The van der Waals surface area contributed by atoms with Crippen LogP contribution in [-0.4, -0.2) is 47.1 Å². The van der Waals surface area contributed by atoms with Crippen molar-refractivity contribution < 1.29 is 18.3 Å². The molecule has 7 nitrogen and oxygen atoms in total. The van der Waals surface area contributed by atoms with Gasteiger partial charge < -0.3 is 5.11 Å². The van der Waals surface area contributed by atoms with Crippen LogP contribution in [0.4, 0.5) is 0 Å². The molecule has 1 unspecified atom stereocenters. The van der Waals surface area contributed by atoms with Gasteiger partial charge in [0.05, 0.1) is 6.20 Å². The minimum absolute atomic E-state index is 0.0876. The lowest BCUT2D eigenvalue weighted by molar-refractivity contribution is -0.137. The fourth-order valence-corrected chi connectivity index (χ4v) is 3.80. The number of rotatable bonds is 5. The van der Waals surface area contributed by atoms with Gasteiger partial charge in [0.25, 0.3) is 0 Å². The van der Waals surface area contributed by atoms with E-state index in [9.17, 15) is 13.2 Å². The molecule has 1 aliphatic heterocycles. The van der Waals surface area contributed by atoms with E-state index in [1.165, 1.54) is 16.7 Å². The maximum Gasteiger partial charge on any atom is 0.303 e. The summed E-state index contributed by atoms with van der Waals surface area (Å²) in [4.78, 5) is 10.7. The van der Waals surface area contributed by atoms with Crippen LogP contribution in [0.2, 0.25) is 0 Å². The minimum atomic E-state index is -3.50. The Bertz CT molecular complexity index is 526. The molecule has 0 aliphatic carbocycles. The minimum Gasteiger partial charge on any atom is -0.481 e. The van der Waals surface area contributed by atoms with Gasteiger partial charge in [-0.05, 0) is 25.2 Å². The smallest absolute Gasteiger partial charge is 0.303 e. The lowest BCUT2D eigenvalue weighted by Gasteiger charge is -2.31. The van der Waals surface area contributed by atoms with E-state index in [0.717, 1.165) is 12.8 Å². The Morgan fingerprint density at radius 2 is 2.37 bits per heavy atom. The second-order valence-electron chi connectivity index (χ2n) is 4.74. The van der Waals surface area contributed by atoms with E-state index in [1.54, 1.807) is 0 Å². The summed E-state index contributed by atoms with van der Waals surface area (Å²) >= 11 is 0. The summed E-state index contributed by atoms with van der Waals surface area (Å²) in [7, 11) is -3.50. The monoisotopic (exact) mass is 287 g/mol. The lowest BCUT2D eigenvalue weighted by atomic mass is 9.95. The van der Waals surface area contributed by atoms with Crippen LogP contribution in [0.15, 0.2) is 17.3 Å². The molecule has 0 spiro atoms. The topological polar surface area (TPSA) is 103 Å². The van der Waals surface area contributed by atoms with Crippen molar-refractivity contribution in [1.29, 1.82) is 0 Å². The van der Waals surface area contributed by atoms with Crippen molar-refractivity contribution in [2.45, 2.75) is 30.6 Å². The first-order valence-electron chi connectivity index (χ1n) is 6.21. The Balaban J connectivity index is 2.03. The number of nitrogens with one attached hydrogen (secondary N) is 1. The van der Waals surface area contributed by atoms with Crippen molar-refractivity contribution in [3.8, 4) is 0 Å². The molecule has 1 aromatic heterocycles. The first-order valence-corrected chi connectivity index (χ1v) is 7.65. The molecule has 2 rings (SSSR count). The molecule has 1 aliphatic rings. The van der Waals surface area contributed by atoms with Crippen LogP contribution < -0.4 is 0 Å². The van der Waals surface area contributed by atoms with Crippen molar-refractivity contribution in [2.24, 2.45) is 5.92 Å². The molecular formula is C11H17N3O4S. The summed E-state index contributed by atoms with van der Waals surface area (Å²) in [6.45, 7) is 0.873. The number of hydrogen-bond donors (Lipinski definition) is 2. The van der Waals surface area contributed by atoms with Crippen molar-refractivity contribution in [3.63, 3.8) is 0 Å². The van der Waals surface area contributed by atoms with E-state index in [-0.39, 0.29) is 17.2 Å². The van der Waals surface area contributed by atoms with E-state index < -0.39 is 16.0 Å². The predicted octanol–water partition coefficient (Wildman–Crippen LogP) is 0.675. The van der Waals surface area contributed by atoms with Gasteiger partial charge in [-0.1, -0.05) is 0 Å². The van der Waals surface area contributed by atoms with Crippen LogP contribution in [0.25, 0.3) is 0 Å². The standard InChI is InChI=1S/C11H17N3O4S/c15-11(16)4-3-9-2-1-5-14(8-9)19(17,18)10-6-12-13-7-10/h6-7,9H,1-5,8H2,(H,12,13)(H,15,16). The quantitative estimate of drug-likeness (QED) is 0.828. The number of nitrogens with zero attached hydrogens (tertiary/aromatic N) is 2. The summed E-state index contributed by atoms with van der Waals surface area (Å²) in [5.74, 6) is -0.721. The van der Waals surface area contributed by atoms with Gasteiger partial charge in [-0.3, -0.25) is 9.89 Å². The molecule has 8 heteroatoms. The molecule has 0 radical (unpaired) electrons. The molecule has 1 aromatic rings. The van der Waals surface area contributed by atoms with Gasteiger partial charge in [-0.2, -0.15) is 9.40 Å². The van der Waals surface area contributed by atoms with Crippen molar-refractivity contribution in [1.82, 2.24) is 14.5 Å². The zero-order chi connectivity index (χ0) is 13.9. The van der Waals surface area contributed by atoms with Gasteiger partial charge in [-0.15, -0.1) is 0 Å². The average molecular weight is 287 g/mol. The largest absolute Gasteiger partial charge is 0.481 e. The van der Waals surface area contributed by atoms with E-state index >= 15 is 0 Å². The molecule has 19 heavy (non-hydrogen) atoms. The van der Waals surface area contributed by atoms with Crippen LogP contribution in [0, 0.1) is 5.92 Å². The van der Waals surface area contributed by atoms with Gasteiger partial charge in [-0.25, -0.2) is 8.42 Å². The Morgan fingerprint density at radius 1 is 1.58 bits per heavy atom. The molecule has 0 amide bonds. The van der Waals surface area contributed by atoms with Crippen molar-refractivity contribution >= 4 is 16.0 Å². The summed E-state index contributed by atoms with van der Waals surface area (Å²) in [5, 5.41) is 14.8. The third kappa shape index (κ3) is 3.32. The number of aromatic nitrogens is 2. The molecule has 2 heterocycles. The zero-order valence-corrected chi connectivity index (χ0v) is 11.3. The van der Waals surface area contributed by atoms with E-state index in [4.69, 9.17) is 5.11 Å². The predicted molar refractivity (Wildman–Crippen MR) is 66.9 cm³/mol. The highest BCUT2D eigenvalue weighted by Crippen LogP contribution is 2.25. The number of carboxylic acids is 1. The van der Waals surface area contributed by atoms with Gasteiger partial charge in [0.15, 0.2) is 0 Å². The van der Waals surface area contributed by atoms with Crippen molar-refractivity contribution in [3.05, 3.63) is 12.4 Å². The highest BCUT2D eigenvalue weighted by Gasteiger charge is 2.30. The van der Waals surface area contributed by atoms with E-state index in [0.29, 0.717) is 19.5 Å². The molecule has 1 atom stereocenters. The third-order valence-corrected chi connectivity index (χ3v) is 5.19. The summed E-state index contributed by atoms with van der Waals surface area (Å²) in [6.07, 6.45) is 4.90. The normalized spacial score (nSPS) is 21.4. The highest BCUT2D eigenvalue weighted by atomic mass is 32.2. The number of carbonyl (C=O) groups is 1. The van der Waals surface area contributed by atoms with Crippen LogP contribution in [0.1, 0.15) is 25.7 Å². The van der Waals surface area contributed by atoms with Crippen LogP contribution >= 0.6 is 0 Å². The zero-order valence-electron chi connectivity index (χ0n) is 10.4. The average Bonchev–Trinajstić information content (AvgIpc) is 2.91. The number of hydrogen-bond acceptors (Lipinski definition) is 4. The number of piperidine rings is 1. The fourth-order valence-electron chi connectivity index (χ4n) is 2.34. The molecule has 1 saturated heterocycles. The van der Waals surface area contributed by atoms with Crippen LogP contribution in [0.5, 0.6) is 0 Å². The molecular weight excluding hydrogens is 270 g/mol. The third-order valence-electron chi connectivity index (χ3n) is 3.36. The van der Waals surface area contributed by atoms with Gasteiger partial charge in [0, 0.05) is 25.7 Å². The van der Waals surface area contributed by atoms with Gasteiger partial charge in [0.1, 0.15) is 4.90 Å². The molecule has 106 valence electrons. The van der Waals surface area contributed by atoms with Crippen LogP contribution in [-0.2, 0) is 14.8 Å². The Morgan fingerprint density at radius 3 is 3.00 bits per heavy atom. The van der Waals surface area contributed by atoms with E-state index in [1.807, 2.05) is 0 Å². The maximum atomic E-state index is 12.3. The number of carboxylic acid groups (broad SMARTS) is 1. The van der Waals surface area contributed by atoms with Crippen molar-refractivity contribution in [2.75, 3.05) is 13.1 Å². The Kier molecular flexibility index (Phi) is 4.20. The first kappa shape index (κ1) is 14.0. The van der Waals surface area contributed by atoms with Crippen LogP contribution in [0.3, 0.4) is 0 Å². The van der Waals surface area contributed by atoms with E-state index in [2.05, 4.69) is 10.2 Å². The molecule has 0 saturated carbocycles. The molecule has 0 aromatic carbocycles. The Hall–Kier alpha value is -1.41. The lowest BCUT2D eigenvalue weighted by Crippen LogP contribution is -2.39. The first-order chi connectivity index (χ1) is 9.00. The second-order valence-corrected chi connectivity index (χ2v) is 6.68. The molecule has 0 bridgehead atoms. The Labute approximate surface area is 111 Å². The fraction of sp³-hybridized carbons (Fsp3) is 0.636.